The van der Waals surface area contributed by atoms with Crippen LogP contribution in [-0.2, 0) is 9.53 Å². The third-order valence-electron chi connectivity index (χ3n) is 4.88. The van der Waals surface area contributed by atoms with Crippen LogP contribution in [0.15, 0.2) is 24.3 Å². The molecule has 3 N–H and O–H groups in total. The second-order valence-electron chi connectivity index (χ2n) is 6.36. The summed E-state index contributed by atoms with van der Waals surface area (Å²) in [6.45, 7) is 6.68. The van der Waals surface area contributed by atoms with Crippen LogP contribution in [0.5, 0.6) is 0 Å². The summed E-state index contributed by atoms with van der Waals surface area (Å²) in [5.41, 5.74) is 6.24. The monoisotopic (exact) mass is 409 g/mol. The Morgan fingerprint density at radius 3 is 2.38 bits per heavy atom. The first-order valence-corrected chi connectivity index (χ1v) is 8.63. The van der Waals surface area contributed by atoms with Crippen LogP contribution in [0.25, 0.3) is 0 Å². The molecule has 0 saturated carbocycles. The van der Waals surface area contributed by atoms with Crippen molar-refractivity contribution in [1.29, 1.82) is 0 Å². The van der Waals surface area contributed by atoms with Crippen molar-refractivity contribution >= 4 is 30.7 Å². The van der Waals surface area contributed by atoms with Gasteiger partial charge in [-0.15, -0.1) is 24.8 Å². The standard InChI is InChI=1S/C18H28FN3O2.2ClH/c1-3-18(20,4-2)13-21-17(23)16(22-9-11-24-12-10-22)14-7-5-6-8-15(14)19;;/h5-8,16H,3-4,9-13,20H2,1-2H3,(H,21,23);2*1H. The number of carbonyl (C=O) groups excluding carboxylic acids is 1. The molecule has 1 amide bonds. The molecule has 150 valence electrons. The number of nitrogens with zero attached hydrogens (tertiary/aromatic N) is 1. The van der Waals surface area contributed by atoms with Crippen molar-refractivity contribution in [1.82, 2.24) is 10.2 Å². The first-order valence-electron chi connectivity index (χ1n) is 8.63. The molecule has 5 nitrogen and oxygen atoms in total. The lowest BCUT2D eigenvalue weighted by atomic mass is 9.94. The number of carbonyl (C=O) groups is 1. The number of morpholine rings is 1. The number of rotatable bonds is 7. The summed E-state index contributed by atoms with van der Waals surface area (Å²) in [5, 5.41) is 2.94. The van der Waals surface area contributed by atoms with Crippen LogP contribution in [0.4, 0.5) is 4.39 Å². The van der Waals surface area contributed by atoms with Crippen LogP contribution in [0.1, 0.15) is 38.3 Å². The van der Waals surface area contributed by atoms with E-state index >= 15 is 0 Å². The Morgan fingerprint density at radius 2 is 1.85 bits per heavy atom. The third-order valence-corrected chi connectivity index (χ3v) is 4.88. The van der Waals surface area contributed by atoms with Gasteiger partial charge in [0.05, 0.1) is 13.2 Å². The molecule has 0 aromatic heterocycles. The maximum absolute atomic E-state index is 14.3. The quantitative estimate of drug-likeness (QED) is 0.726. The van der Waals surface area contributed by atoms with Gasteiger partial charge in [0.15, 0.2) is 0 Å². The molecular formula is C18H30Cl2FN3O2. The minimum atomic E-state index is -0.659. The highest BCUT2D eigenvalue weighted by Gasteiger charge is 2.32. The molecule has 1 aliphatic rings. The van der Waals surface area contributed by atoms with E-state index in [4.69, 9.17) is 10.5 Å². The predicted octanol–water partition coefficient (Wildman–Crippen LogP) is 2.68. The lowest BCUT2D eigenvalue weighted by Gasteiger charge is -2.35. The second kappa shape index (κ2) is 11.7. The summed E-state index contributed by atoms with van der Waals surface area (Å²) in [5.74, 6) is -0.576. The zero-order chi connectivity index (χ0) is 17.6. The maximum Gasteiger partial charge on any atom is 0.242 e. The molecule has 1 unspecified atom stereocenters. The Morgan fingerprint density at radius 1 is 1.27 bits per heavy atom. The van der Waals surface area contributed by atoms with E-state index < -0.39 is 11.6 Å². The number of ether oxygens (including phenoxy) is 1. The first kappa shape index (κ1) is 25.1. The van der Waals surface area contributed by atoms with Gasteiger partial charge >= 0.3 is 0 Å². The van der Waals surface area contributed by atoms with E-state index in [0.717, 1.165) is 12.8 Å². The van der Waals surface area contributed by atoms with Gasteiger partial charge < -0.3 is 15.8 Å². The summed E-state index contributed by atoms with van der Waals surface area (Å²) in [4.78, 5) is 14.8. The molecule has 0 bridgehead atoms. The van der Waals surface area contributed by atoms with Crippen LogP contribution in [0.2, 0.25) is 0 Å². The number of nitrogens with one attached hydrogen (secondary N) is 1. The highest BCUT2D eigenvalue weighted by molar-refractivity contribution is 5.85. The molecule has 1 heterocycles. The van der Waals surface area contributed by atoms with Gasteiger partial charge in [0, 0.05) is 30.7 Å². The van der Waals surface area contributed by atoms with Crippen LogP contribution in [-0.4, -0.2) is 49.2 Å². The van der Waals surface area contributed by atoms with Crippen LogP contribution >= 0.6 is 24.8 Å². The molecule has 0 aliphatic carbocycles. The summed E-state index contributed by atoms with van der Waals surface area (Å²) < 4.78 is 19.7. The van der Waals surface area contributed by atoms with E-state index in [2.05, 4.69) is 5.32 Å². The van der Waals surface area contributed by atoms with Gasteiger partial charge in [0.2, 0.25) is 5.91 Å². The fraction of sp³-hybridized carbons (Fsp3) is 0.611. The van der Waals surface area contributed by atoms with Gasteiger partial charge in [-0.25, -0.2) is 4.39 Å². The number of nitrogens with two attached hydrogens (primary N) is 1. The first-order chi connectivity index (χ1) is 11.5. The molecule has 1 fully saturated rings. The molecule has 0 spiro atoms. The Balaban J connectivity index is 0.00000312. The average molecular weight is 410 g/mol. The zero-order valence-corrected chi connectivity index (χ0v) is 17.0. The van der Waals surface area contributed by atoms with Crippen molar-refractivity contribution in [2.24, 2.45) is 5.73 Å². The number of halogens is 3. The van der Waals surface area contributed by atoms with E-state index in [-0.39, 0.29) is 36.5 Å². The molecule has 26 heavy (non-hydrogen) atoms. The SMILES string of the molecule is CCC(N)(CC)CNC(=O)C(c1ccccc1F)N1CCOCC1.Cl.Cl. The van der Waals surface area contributed by atoms with Crippen molar-refractivity contribution < 1.29 is 13.9 Å². The van der Waals surface area contributed by atoms with Crippen molar-refractivity contribution in [3.63, 3.8) is 0 Å². The summed E-state index contributed by atoms with van der Waals surface area (Å²) in [7, 11) is 0. The number of amides is 1. The largest absolute Gasteiger partial charge is 0.379 e. The molecule has 1 saturated heterocycles. The zero-order valence-electron chi connectivity index (χ0n) is 15.4. The molecule has 1 atom stereocenters. The fourth-order valence-corrected chi connectivity index (χ4v) is 2.90. The third kappa shape index (κ3) is 6.35. The normalized spacial score (nSPS) is 16.2. The maximum atomic E-state index is 14.3. The smallest absolute Gasteiger partial charge is 0.242 e. The summed E-state index contributed by atoms with van der Waals surface area (Å²) in [6.07, 6.45) is 1.54. The molecule has 8 heteroatoms. The number of hydrogen-bond donors (Lipinski definition) is 2. The molecule has 2 rings (SSSR count). The fourth-order valence-electron chi connectivity index (χ4n) is 2.90. The van der Waals surface area contributed by atoms with E-state index in [0.29, 0.717) is 38.4 Å². The molecule has 1 aromatic rings. The Hall–Kier alpha value is -0.920. The van der Waals surface area contributed by atoms with Crippen molar-refractivity contribution in [3.8, 4) is 0 Å². The number of hydrogen-bond acceptors (Lipinski definition) is 4. The van der Waals surface area contributed by atoms with E-state index in [1.165, 1.54) is 6.07 Å². The lowest BCUT2D eigenvalue weighted by molar-refractivity contribution is -0.129. The van der Waals surface area contributed by atoms with Crippen molar-refractivity contribution in [2.45, 2.75) is 38.3 Å². The van der Waals surface area contributed by atoms with Crippen LogP contribution in [0, 0.1) is 5.82 Å². The number of benzene rings is 1. The Labute approximate surface area is 167 Å². The predicted molar refractivity (Wildman–Crippen MR) is 107 cm³/mol. The topological polar surface area (TPSA) is 67.6 Å². The van der Waals surface area contributed by atoms with Crippen molar-refractivity contribution in [2.75, 3.05) is 32.8 Å². The van der Waals surface area contributed by atoms with Gasteiger partial charge in [-0.05, 0) is 18.9 Å². The van der Waals surface area contributed by atoms with Crippen LogP contribution < -0.4 is 11.1 Å². The van der Waals surface area contributed by atoms with Gasteiger partial charge in [0.1, 0.15) is 11.9 Å². The molecule has 0 radical (unpaired) electrons. The van der Waals surface area contributed by atoms with Gasteiger partial charge in [-0.3, -0.25) is 9.69 Å². The highest BCUT2D eigenvalue weighted by Crippen LogP contribution is 2.25. The van der Waals surface area contributed by atoms with Crippen molar-refractivity contribution in [3.05, 3.63) is 35.6 Å². The Bertz CT molecular complexity index is 553. The van der Waals surface area contributed by atoms with Gasteiger partial charge in [-0.2, -0.15) is 0 Å². The van der Waals surface area contributed by atoms with Crippen LogP contribution in [0.3, 0.4) is 0 Å². The second-order valence-corrected chi connectivity index (χ2v) is 6.36. The minimum absolute atomic E-state index is 0. The Kier molecular flexibility index (Phi) is 11.3. The van der Waals surface area contributed by atoms with E-state index in [1.54, 1.807) is 18.2 Å². The lowest BCUT2D eigenvalue weighted by Crippen LogP contribution is -2.52. The molecule has 1 aliphatic heterocycles. The average Bonchev–Trinajstić information content (AvgIpc) is 2.62. The molecule has 1 aromatic carbocycles. The van der Waals surface area contributed by atoms with E-state index in [1.807, 2.05) is 18.7 Å². The van der Waals surface area contributed by atoms with E-state index in [9.17, 15) is 9.18 Å². The summed E-state index contributed by atoms with van der Waals surface area (Å²) in [6, 6.07) is 5.79. The van der Waals surface area contributed by atoms with Gasteiger partial charge in [0.25, 0.3) is 0 Å². The summed E-state index contributed by atoms with van der Waals surface area (Å²) >= 11 is 0. The highest BCUT2D eigenvalue weighted by atomic mass is 35.5. The minimum Gasteiger partial charge on any atom is -0.379 e. The van der Waals surface area contributed by atoms with Gasteiger partial charge in [-0.1, -0.05) is 32.0 Å². The molecular weight excluding hydrogens is 380 g/mol.